The predicted octanol–water partition coefficient (Wildman–Crippen LogP) is 1.67. The van der Waals surface area contributed by atoms with Gasteiger partial charge in [0.15, 0.2) is 0 Å². The smallest absolute Gasteiger partial charge is 0.407 e. The second-order valence-corrected chi connectivity index (χ2v) is 6.45. The van der Waals surface area contributed by atoms with Crippen molar-refractivity contribution < 1.29 is 14.3 Å². The van der Waals surface area contributed by atoms with Crippen LogP contribution in [0.5, 0.6) is 0 Å². The zero-order valence-electron chi connectivity index (χ0n) is 12.2. The molecule has 1 amide bonds. The molecule has 0 spiro atoms. The minimum Gasteiger partial charge on any atom is -0.444 e. The summed E-state index contributed by atoms with van der Waals surface area (Å²) in [4.78, 5) is 11.5. The molecule has 0 aromatic heterocycles. The molecule has 2 fully saturated rings. The first kappa shape index (κ1) is 14.6. The zero-order valence-corrected chi connectivity index (χ0v) is 12.2. The van der Waals surface area contributed by atoms with E-state index < -0.39 is 5.60 Å². The van der Waals surface area contributed by atoms with Gasteiger partial charge in [-0.3, -0.25) is 0 Å². The van der Waals surface area contributed by atoms with Crippen LogP contribution in [0.25, 0.3) is 0 Å². The highest BCUT2D eigenvalue weighted by Crippen LogP contribution is 2.38. The molecular weight excluding hydrogens is 244 g/mol. The van der Waals surface area contributed by atoms with Crippen molar-refractivity contribution in [2.24, 2.45) is 5.92 Å². The maximum Gasteiger partial charge on any atom is 0.407 e. The Morgan fingerprint density at radius 1 is 1.26 bits per heavy atom. The molecule has 0 aromatic rings. The van der Waals surface area contributed by atoms with Gasteiger partial charge in [0.25, 0.3) is 0 Å². The number of rotatable bonds is 5. The monoisotopic (exact) mass is 270 g/mol. The van der Waals surface area contributed by atoms with Gasteiger partial charge >= 0.3 is 6.09 Å². The van der Waals surface area contributed by atoms with E-state index in [4.69, 9.17) is 9.47 Å². The van der Waals surface area contributed by atoms with Crippen molar-refractivity contribution in [1.82, 2.24) is 10.6 Å². The van der Waals surface area contributed by atoms with E-state index >= 15 is 0 Å². The normalized spacial score (nSPS) is 27.3. The second-order valence-electron chi connectivity index (χ2n) is 6.45. The van der Waals surface area contributed by atoms with Gasteiger partial charge in [0.1, 0.15) is 5.60 Å². The number of alkyl carbamates (subject to hydrolysis) is 1. The maximum atomic E-state index is 11.5. The van der Waals surface area contributed by atoms with E-state index in [0.717, 1.165) is 25.5 Å². The topological polar surface area (TPSA) is 59.6 Å². The summed E-state index contributed by atoms with van der Waals surface area (Å²) < 4.78 is 10.9. The van der Waals surface area contributed by atoms with Gasteiger partial charge in [-0.05, 0) is 46.0 Å². The molecule has 2 N–H and O–H groups in total. The number of hydrogen-bond donors (Lipinski definition) is 2. The average Bonchev–Trinajstić information content (AvgIpc) is 3.02. The molecule has 1 aliphatic carbocycles. The molecule has 1 saturated heterocycles. The standard InChI is InChI=1S/C14H26N2O3/c1-14(2,3)19-13(17)16-8-7-15-11-6-9-18-12(11)10-4-5-10/h10-12,15H,4-9H2,1-3H3,(H,16,17). The van der Waals surface area contributed by atoms with Crippen LogP contribution in [-0.4, -0.2) is 43.5 Å². The molecule has 110 valence electrons. The molecule has 0 radical (unpaired) electrons. The van der Waals surface area contributed by atoms with Gasteiger partial charge in [0.05, 0.1) is 6.10 Å². The second kappa shape index (κ2) is 6.09. The largest absolute Gasteiger partial charge is 0.444 e. The van der Waals surface area contributed by atoms with Gasteiger partial charge in [0, 0.05) is 25.7 Å². The number of hydrogen-bond acceptors (Lipinski definition) is 4. The molecule has 1 heterocycles. The fourth-order valence-electron chi connectivity index (χ4n) is 2.46. The van der Waals surface area contributed by atoms with Gasteiger partial charge in [-0.25, -0.2) is 4.79 Å². The third-order valence-electron chi connectivity index (χ3n) is 3.42. The minimum absolute atomic E-state index is 0.351. The maximum absolute atomic E-state index is 11.5. The highest BCUT2D eigenvalue weighted by atomic mass is 16.6. The van der Waals surface area contributed by atoms with Crippen molar-refractivity contribution in [3.05, 3.63) is 0 Å². The lowest BCUT2D eigenvalue weighted by atomic mass is 10.1. The van der Waals surface area contributed by atoms with E-state index in [1.807, 2.05) is 20.8 Å². The number of nitrogens with one attached hydrogen (secondary N) is 2. The summed E-state index contributed by atoms with van der Waals surface area (Å²) in [7, 11) is 0. The lowest BCUT2D eigenvalue weighted by Crippen LogP contribution is -2.42. The Bertz CT molecular complexity index is 310. The van der Waals surface area contributed by atoms with E-state index in [0.29, 0.717) is 18.7 Å². The van der Waals surface area contributed by atoms with Crippen molar-refractivity contribution in [3.8, 4) is 0 Å². The Morgan fingerprint density at radius 2 is 2.00 bits per heavy atom. The number of carbonyl (C=O) groups is 1. The first-order valence-corrected chi connectivity index (χ1v) is 7.27. The Kier molecular flexibility index (Phi) is 4.68. The van der Waals surface area contributed by atoms with E-state index in [1.165, 1.54) is 12.8 Å². The quantitative estimate of drug-likeness (QED) is 0.746. The lowest BCUT2D eigenvalue weighted by molar-refractivity contribution is 0.0526. The van der Waals surface area contributed by atoms with E-state index in [-0.39, 0.29) is 6.09 Å². The van der Waals surface area contributed by atoms with Gasteiger partial charge < -0.3 is 20.1 Å². The van der Waals surface area contributed by atoms with Crippen LogP contribution in [0, 0.1) is 5.92 Å². The van der Waals surface area contributed by atoms with Gasteiger partial charge in [0.2, 0.25) is 0 Å². The molecular formula is C14H26N2O3. The number of amides is 1. The van der Waals surface area contributed by atoms with Crippen molar-refractivity contribution in [3.63, 3.8) is 0 Å². The summed E-state index contributed by atoms with van der Waals surface area (Å²) in [5.74, 6) is 0.763. The van der Waals surface area contributed by atoms with Crippen LogP contribution >= 0.6 is 0 Å². The van der Waals surface area contributed by atoms with Gasteiger partial charge in [-0.15, -0.1) is 0 Å². The Hall–Kier alpha value is -0.810. The number of carbonyl (C=O) groups excluding carboxylic acids is 1. The summed E-state index contributed by atoms with van der Waals surface area (Å²) >= 11 is 0. The Balaban J connectivity index is 1.57. The highest BCUT2D eigenvalue weighted by molar-refractivity contribution is 5.67. The molecule has 2 aliphatic rings. The predicted molar refractivity (Wildman–Crippen MR) is 73.1 cm³/mol. The average molecular weight is 270 g/mol. The summed E-state index contributed by atoms with van der Waals surface area (Å²) in [6.07, 6.45) is 3.73. The molecule has 5 nitrogen and oxygen atoms in total. The van der Waals surface area contributed by atoms with Crippen LogP contribution in [-0.2, 0) is 9.47 Å². The molecule has 2 unspecified atom stereocenters. The highest BCUT2D eigenvalue weighted by Gasteiger charge is 2.40. The fourth-order valence-corrected chi connectivity index (χ4v) is 2.46. The summed E-state index contributed by atoms with van der Waals surface area (Å²) in [6.45, 7) is 7.79. The van der Waals surface area contributed by atoms with Gasteiger partial charge in [-0.2, -0.15) is 0 Å². The van der Waals surface area contributed by atoms with Gasteiger partial charge in [-0.1, -0.05) is 0 Å². The Labute approximate surface area is 115 Å². The van der Waals surface area contributed by atoms with Crippen molar-refractivity contribution in [2.75, 3.05) is 19.7 Å². The SMILES string of the molecule is CC(C)(C)OC(=O)NCCNC1CCOC1C1CC1. The molecule has 1 saturated carbocycles. The minimum atomic E-state index is -0.437. The van der Waals surface area contributed by atoms with E-state index in [9.17, 15) is 4.79 Å². The Morgan fingerprint density at radius 3 is 2.63 bits per heavy atom. The van der Waals surface area contributed by atoms with Crippen LogP contribution in [0.3, 0.4) is 0 Å². The zero-order chi connectivity index (χ0) is 13.9. The summed E-state index contributed by atoms with van der Waals surface area (Å²) in [6, 6.07) is 0.452. The molecule has 1 aliphatic heterocycles. The molecule has 19 heavy (non-hydrogen) atoms. The first-order valence-electron chi connectivity index (χ1n) is 7.27. The fraction of sp³-hybridized carbons (Fsp3) is 0.929. The van der Waals surface area contributed by atoms with Crippen LogP contribution in [0.15, 0.2) is 0 Å². The molecule has 2 rings (SSSR count). The van der Waals surface area contributed by atoms with Crippen molar-refractivity contribution in [2.45, 2.75) is 57.8 Å². The van der Waals surface area contributed by atoms with Crippen LogP contribution in [0.2, 0.25) is 0 Å². The lowest BCUT2D eigenvalue weighted by Gasteiger charge is -2.21. The summed E-state index contributed by atoms with van der Waals surface area (Å²) in [5.41, 5.74) is -0.437. The first-order chi connectivity index (χ1) is 8.96. The third kappa shape index (κ3) is 4.99. The van der Waals surface area contributed by atoms with Crippen molar-refractivity contribution >= 4 is 6.09 Å². The number of ether oxygens (including phenoxy) is 2. The van der Waals surface area contributed by atoms with Crippen molar-refractivity contribution in [1.29, 1.82) is 0 Å². The molecule has 0 aromatic carbocycles. The molecule has 2 atom stereocenters. The summed E-state index contributed by atoms with van der Waals surface area (Å²) in [5, 5.41) is 6.23. The van der Waals surface area contributed by atoms with E-state index in [2.05, 4.69) is 10.6 Å². The molecule has 5 heteroatoms. The van der Waals surface area contributed by atoms with E-state index in [1.54, 1.807) is 0 Å². The van der Waals surface area contributed by atoms with Crippen LogP contribution in [0.4, 0.5) is 4.79 Å². The van der Waals surface area contributed by atoms with Crippen LogP contribution < -0.4 is 10.6 Å². The third-order valence-corrected chi connectivity index (χ3v) is 3.42. The van der Waals surface area contributed by atoms with Crippen LogP contribution in [0.1, 0.15) is 40.0 Å². The molecule has 0 bridgehead atoms.